The number of rotatable bonds is 3. The Hall–Kier alpha value is 0.286. The van der Waals surface area contributed by atoms with Gasteiger partial charge < -0.3 is 9.84 Å². The quantitative estimate of drug-likeness (QED) is 0.603. The average Bonchev–Trinajstić information content (AvgIpc) is 2.18. The Kier molecular flexibility index (Phi) is 7.72. The Bertz CT molecular complexity index is 299. The van der Waals surface area contributed by atoms with E-state index in [0.717, 1.165) is 0 Å². The van der Waals surface area contributed by atoms with Gasteiger partial charge in [-0.05, 0) is 18.6 Å². The van der Waals surface area contributed by atoms with E-state index >= 15 is 0 Å². The predicted molar refractivity (Wildman–Crippen MR) is 55.5 cm³/mol. The standard InChI is InChI=1S/C10H12O3.K.H/c1-2-13-10(12)9-6-4-3-5-8(9)7-11;;/h3-6,11H,2,7H2,1H3;;. The van der Waals surface area contributed by atoms with Crippen molar-refractivity contribution in [1.29, 1.82) is 0 Å². The summed E-state index contributed by atoms with van der Waals surface area (Å²) in [5, 5.41) is 8.93. The van der Waals surface area contributed by atoms with Crippen LogP contribution in [0.3, 0.4) is 0 Å². The van der Waals surface area contributed by atoms with Crippen molar-refractivity contribution >= 4 is 57.4 Å². The zero-order valence-electron chi connectivity index (χ0n) is 7.49. The van der Waals surface area contributed by atoms with Crippen molar-refractivity contribution in [3.63, 3.8) is 0 Å². The Labute approximate surface area is 126 Å². The molecule has 1 N–H and O–H groups in total. The SMILES string of the molecule is CCOC(=O)c1ccccc1CO.[KH]. The van der Waals surface area contributed by atoms with Crippen LogP contribution in [0.2, 0.25) is 0 Å². The summed E-state index contributed by atoms with van der Waals surface area (Å²) in [6, 6.07) is 6.86. The third kappa shape index (κ3) is 3.80. The first kappa shape index (κ1) is 14.3. The number of hydrogen-bond donors (Lipinski definition) is 1. The molecule has 0 aliphatic carbocycles. The molecule has 1 rings (SSSR count). The van der Waals surface area contributed by atoms with Gasteiger partial charge in [-0.2, -0.15) is 0 Å². The van der Waals surface area contributed by atoms with Crippen molar-refractivity contribution in [2.24, 2.45) is 0 Å². The molecule has 14 heavy (non-hydrogen) atoms. The molecule has 0 fully saturated rings. The zero-order chi connectivity index (χ0) is 9.68. The molecule has 0 aromatic heterocycles. The minimum absolute atomic E-state index is 0. The fourth-order valence-corrected chi connectivity index (χ4v) is 1.07. The van der Waals surface area contributed by atoms with Crippen LogP contribution in [0.1, 0.15) is 22.8 Å². The Balaban J connectivity index is 0.00000169. The summed E-state index contributed by atoms with van der Waals surface area (Å²) in [6.07, 6.45) is 0. The molecule has 0 heterocycles. The number of benzene rings is 1. The molecule has 72 valence electrons. The fourth-order valence-electron chi connectivity index (χ4n) is 1.07. The summed E-state index contributed by atoms with van der Waals surface area (Å²) >= 11 is 0. The third-order valence-electron chi connectivity index (χ3n) is 1.68. The molecule has 0 spiro atoms. The van der Waals surface area contributed by atoms with Gasteiger partial charge in [-0.25, -0.2) is 4.79 Å². The molecule has 0 radical (unpaired) electrons. The second-order valence-electron chi connectivity index (χ2n) is 2.54. The molecular weight excluding hydrogens is 207 g/mol. The molecular formula is C10H13KO3. The Morgan fingerprint density at radius 1 is 1.43 bits per heavy atom. The molecule has 0 saturated heterocycles. The maximum absolute atomic E-state index is 11.3. The van der Waals surface area contributed by atoms with Crippen LogP contribution in [-0.2, 0) is 11.3 Å². The summed E-state index contributed by atoms with van der Waals surface area (Å²) in [7, 11) is 0. The van der Waals surface area contributed by atoms with Gasteiger partial charge in [0.1, 0.15) is 0 Å². The van der Waals surface area contributed by atoms with Crippen molar-refractivity contribution in [1.82, 2.24) is 0 Å². The van der Waals surface area contributed by atoms with Crippen LogP contribution in [0, 0.1) is 0 Å². The van der Waals surface area contributed by atoms with Gasteiger partial charge in [-0.15, -0.1) is 0 Å². The zero-order valence-corrected chi connectivity index (χ0v) is 7.49. The van der Waals surface area contributed by atoms with Gasteiger partial charge in [0.2, 0.25) is 0 Å². The van der Waals surface area contributed by atoms with E-state index in [9.17, 15) is 4.79 Å². The fraction of sp³-hybridized carbons (Fsp3) is 0.300. The first-order chi connectivity index (χ1) is 6.29. The summed E-state index contributed by atoms with van der Waals surface area (Å²) < 4.78 is 4.82. The van der Waals surface area contributed by atoms with Crippen LogP contribution < -0.4 is 0 Å². The van der Waals surface area contributed by atoms with E-state index in [-0.39, 0.29) is 64.0 Å². The number of ether oxygens (including phenoxy) is 1. The topological polar surface area (TPSA) is 46.5 Å². The summed E-state index contributed by atoms with van der Waals surface area (Å²) in [5.74, 6) is -0.382. The predicted octanol–water partition coefficient (Wildman–Crippen LogP) is 0.707. The summed E-state index contributed by atoms with van der Waals surface area (Å²) in [6.45, 7) is 1.95. The van der Waals surface area contributed by atoms with Crippen LogP contribution in [-0.4, -0.2) is 69.1 Å². The average molecular weight is 220 g/mol. The monoisotopic (exact) mass is 220 g/mol. The van der Waals surface area contributed by atoms with E-state index in [0.29, 0.717) is 17.7 Å². The minimum atomic E-state index is -0.382. The second-order valence-corrected chi connectivity index (χ2v) is 2.54. The van der Waals surface area contributed by atoms with Gasteiger partial charge in [0.05, 0.1) is 18.8 Å². The van der Waals surface area contributed by atoms with Gasteiger partial charge in [0.25, 0.3) is 0 Å². The van der Waals surface area contributed by atoms with E-state index in [2.05, 4.69) is 0 Å². The second kappa shape index (κ2) is 7.56. The molecule has 0 saturated carbocycles. The first-order valence-corrected chi connectivity index (χ1v) is 4.15. The maximum atomic E-state index is 11.3. The van der Waals surface area contributed by atoms with Crippen LogP contribution >= 0.6 is 0 Å². The number of esters is 1. The van der Waals surface area contributed by atoms with E-state index in [4.69, 9.17) is 9.84 Å². The first-order valence-electron chi connectivity index (χ1n) is 4.15. The van der Waals surface area contributed by atoms with Gasteiger partial charge >= 0.3 is 57.4 Å². The normalized spacial score (nSPS) is 9.00. The van der Waals surface area contributed by atoms with Crippen molar-refractivity contribution < 1.29 is 14.6 Å². The van der Waals surface area contributed by atoms with E-state index < -0.39 is 0 Å². The number of hydrogen-bond acceptors (Lipinski definition) is 3. The van der Waals surface area contributed by atoms with Crippen molar-refractivity contribution in [2.75, 3.05) is 6.61 Å². The Morgan fingerprint density at radius 2 is 2.07 bits per heavy atom. The molecule has 4 heteroatoms. The number of aliphatic hydroxyl groups excluding tert-OH is 1. The summed E-state index contributed by atoms with van der Waals surface area (Å²) in [5.41, 5.74) is 1.04. The van der Waals surface area contributed by atoms with Crippen molar-refractivity contribution in [2.45, 2.75) is 13.5 Å². The molecule has 0 aliphatic rings. The van der Waals surface area contributed by atoms with E-state index in [1.807, 2.05) is 0 Å². The van der Waals surface area contributed by atoms with Gasteiger partial charge in [-0.1, -0.05) is 18.2 Å². The molecule has 0 bridgehead atoms. The molecule has 0 unspecified atom stereocenters. The molecule has 0 atom stereocenters. The number of aliphatic hydroxyl groups is 1. The van der Waals surface area contributed by atoms with E-state index in [1.165, 1.54) is 0 Å². The van der Waals surface area contributed by atoms with Gasteiger partial charge in [0.15, 0.2) is 0 Å². The molecule has 0 aliphatic heterocycles. The van der Waals surface area contributed by atoms with Crippen molar-refractivity contribution in [3.8, 4) is 0 Å². The number of carbonyl (C=O) groups is 1. The van der Waals surface area contributed by atoms with Gasteiger partial charge in [0, 0.05) is 0 Å². The van der Waals surface area contributed by atoms with Crippen LogP contribution in [0.4, 0.5) is 0 Å². The molecule has 3 nitrogen and oxygen atoms in total. The van der Waals surface area contributed by atoms with E-state index in [1.54, 1.807) is 31.2 Å². The van der Waals surface area contributed by atoms with Gasteiger partial charge in [-0.3, -0.25) is 0 Å². The molecule has 1 aromatic carbocycles. The third-order valence-corrected chi connectivity index (χ3v) is 1.68. The van der Waals surface area contributed by atoms with Crippen LogP contribution in [0.15, 0.2) is 24.3 Å². The number of carbonyl (C=O) groups excluding carboxylic acids is 1. The molecule has 0 amide bonds. The van der Waals surface area contributed by atoms with Crippen molar-refractivity contribution in [3.05, 3.63) is 35.4 Å². The summed E-state index contributed by atoms with van der Waals surface area (Å²) in [4.78, 5) is 11.3. The van der Waals surface area contributed by atoms with Crippen LogP contribution in [0.25, 0.3) is 0 Å². The Morgan fingerprint density at radius 3 is 2.64 bits per heavy atom. The molecule has 1 aromatic rings. The van der Waals surface area contributed by atoms with Crippen LogP contribution in [0.5, 0.6) is 0 Å².